The Hall–Kier alpha value is -3.85. The molecule has 0 atom stereocenters. The van der Waals surface area contributed by atoms with E-state index in [0.717, 1.165) is 18.4 Å². The van der Waals surface area contributed by atoms with Crippen LogP contribution < -0.4 is 20.7 Å². The van der Waals surface area contributed by atoms with Crippen LogP contribution in [0.4, 0.5) is 11.6 Å². The number of rotatable bonds is 6. The van der Waals surface area contributed by atoms with Crippen LogP contribution in [0, 0.1) is 0 Å². The lowest BCUT2D eigenvalue weighted by molar-refractivity contribution is -0.118. The molecule has 3 heterocycles. The van der Waals surface area contributed by atoms with Gasteiger partial charge in [0.05, 0.1) is 25.3 Å². The number of anilines is 2. The lowest BCUT2D eigenvalue weighted by Crippen LogP contribution is -2.16. The third-order valence-corrected chi connectivity index (χ3v) is 5.67. The van der Waals surface area contributed by atoms with E-state index in [9.17, 15) is 9.59 Å². The fraction of sp³-hybridized carbons (Fsp3) is 0.217. The van der Waals surface area contributed by atoms with Gasteiger partial charge in [0.25, 0.3) is 5.91 Å². The number of hydrogen-bond donors (Lipinski definition) is 3. The summed E-state index contributed by atoms with van der Waals surface area (Å²) in [6, 6.07) is 6.91. The van der Waals surface area contributed by atoms with E-state index in [1.165, 1.54) is 7.11 Å². The van der Waals surface area contributed by atoms with E-state index in [1.807, 2.05) is 6.08 Å². The summed E-state index contributed by atoms with van der Waals surface area (Å²) in [6.45, 7) is 3.89. The molecule has 3 N–H and O–H groups in total. The van der Waals surface area contributed by atoms with Gasteiger partial charge in [0.15, 0.2) is 5.65 Å². The fourth-order valence-electron chi connectivity index (χ4n) is 3.62. The van der Waals surface area contributed by atoms with Gasteiger partial charge < -0.3 is 20.7 Å². The first-order valence-electron chi connectivity index (χ1n) is 10.4. The molecule has 5 rings (SSSR count). The van der Waals surface area contributed by atoms with Crippen LogP contribution in [0.5, 0.6) is 5.75 Å². The van der Waals surface area contributed by atoms with Crippen LogP contribution in [-0.2, 0) is 4.79 Å². The van der Waals surface area contributed by atoms with Gasteiger partial charge in [0.2, 0.25) is 5.91 Å². The van der Waals surface area contributed by atoms with Crippen LogP contribution in [0.2, 0.25) is 5.02 Å². The molecule has 33 heavy (non-hydrogen) atoms. The van der Waals surface area contributed by atoms with Crippen LogP contribution in [0.1, 0.15) is 35.2 Å². The molecule has 0 radical (unpaired) electrons. The SMILES string of the molecule is C=C1NC(=O)C/C1=C\c1cnn2c(NC3CC3)cc(NC(=O)c3ccc(Cl)cc3OC)nc12. The Morgan fingerprint density at radius 1 is 1.36 bits per heavy atom. The van der Waals surface area contributed by atoms with Crippen molar-refractivity contribution in [1.82, 2.24) is 19.9 Å². The van der Waals surface area contributed by atoms with Crippen molar-refractivity contribution in [2.75, 3.05) is 17.7 Å². The number of allylic oxidation sites excluding steroid dienone is 1. The molecule has 3 aromatic rings. The molecule has 10 heteroatoms. The van der Waals surface area contributed by atoms with Gasteiger partial charge in [-0.25, -0.2) is 4.98 Å². The highest BCUT2D eigenvalue weighted by atomic mass is 35.5. The molecule has 1 aliphatic carbocycles. The Bertz CT molecular complexity index is 1340. The summed E-state index contributed by atoms with van der Waals surface area (Å²) in [5.74, 6) is 0.953. The van der Waals surface area contributed by atoms with Crippen molar-refractivity contribution in [3.8, 4) is 5.75 Å². The molecule has 2 fully saturated rings. The van der Waals surface area contributed by atoms with Gasteiger partial charge in [-0.1, -0.05) is 18.2 Å². The summed E-state index contributed by atoms with van der Waals surface area (Å²) in [7, 11) is 1.48. The highest BCUT2D eigenvalue weighted by Gasteiger charge is 2.24. The second kappa shape index (κ2) is 8.25. The third-order valence-electron chi connectivity index (χ3n) is 5.44. The molecule has 1 saturated carbocycles. The Morgan fingerprint density at radius 2 is 2.18 bits per heavy atom. The molecule has 0 bridgehead atoms. The number of carbonyl (C=O) groups excluding carboxylic acids is 2. The number of benzene rings is 1. The second-order valence-electron chi connectivity index (χ2n) is 7.95. The second-order valence-corrected chi connectivity index (χ2v) is 8.39. The number of hydrogen-bond acceptors (Lipinski definition) is 6. The maximum absolute atomic E-state index is 13.0. The summed E-state index contributed by atoms with van der Waals surface area (Å²) in [5, 5.41) is 13.9. The number of ether oxygens (including phenoxy) is 1. The van der Waals surface area contributed by atoms with Gasteiger partial charge in [-0.2, -0.15) is 9.61 Å². The Morgan fingerprint density at radius 3 is 2.88 bits per heavy atom. The average Bonchev–Trinajstić information content (AvgIpc) is 3.42. The number of aromatic nitrogens is 3. The average molecular weight is 465 g/mol. The summed E-state index contributed by atoms with van der Waals surface area (Å²) >= 11 is 6.02. The van der Waals surface area contributed by atoms with E-state index < -0.39 is 0 Å². The zero-order valence-electron chi connectivity index (χ0n) is 17.8. The third kappa shape index (κ3) is 4.27. The van der Waals surface area contributed by atoms with E-state index in [1.54, 1.807) is 35.0 Å². The fourth-order valence-corrected chi connectivity index (χ4v) is 3.78. The number of fused-ring (bicyclic) bond motifs is 1. The first-order chi connectivity index (χ1) is 15.9. The smallest absolute Gasteiger partial charge is 0.260 e. The Labute approximate surface area is 194 Å². The molecule has 1 aromatic carbocycles. The minimum absolute atomic E-state index is 0.100. The van der Waals surface area contributed by atoms with Crippen LogP contribution in [0.25, 0.3) is 11.7 Å². The zero-order valence-corrected chi connectivity index (χ0v) is 18.6. The van der Waals surface area contributed by atoms with Gasteiger partial charge >= 0.3 is 0 Å². The highest BCUT2D eigenvalue weighted by Crippen LogP contribution is 2.29. The van der Waals surface area contributed by atoms with E-state index in [0.29, 0.717) is 50.9 Å². The Kier molecular flexibility index (Phi) is 5.26. The van der Waals surface area contributed by atoms with E-state index in [-0.39, 0.29) is 18.2 Å². The Balaban J connectivity index is 1.53. The predicted molar refractivity (Wildman–Crippen MR) is 125 cm³/mol. The molecule has 2 aliphatic rings. The number of nitrogens with one attached hydrogen (secondary N) is 3. The lowest BCUT2D eigenvalue weighted by atomic mass is 10.1. The van der Waals surface area contributed by atoms with Crippen molar-refractivity contribution in [3.05, 3.63) is 64.5 Å². The van der Waals surface area contributed by atoms with Crippen molar-refractivity contribution in [2.24, 2.45) is 0 Å². The molecular weight excluding hydrogens is 444 g/mol. The maximum Gasteiger partial charge on any atom is 0.260 e. The van der Waals surface area contributed by atoms with Crippen molar-refractivity contribution in [1.29, 1.82) is 0 Å². The van der Waals surface area contributed by atoms with E-state index >= 15 is 0 Å². The number of nitrogens with zero attached hydrogens (tertiary/aromatic N) is 3. The van der Waals surface area contributed by atoms with Crippen LogP contribution >= 0.6 is 11.6 Å². The summed E-state index contributed by atoms with van der Waals surface area (Å²) in [4.78, 5) is 29.3. The molecule has 1 saturated heterocycles. The summed E-state index contributed by atoms with van der Waals surface area (Å²) in [5.41, 5.74) is 2.92. The number of methoxy groups -OCH3 is 1. The maximum atomic E-state index is 13.0. The minimum Gasteiger partial charge on any atom is -0.496 e. The standard InChI is InChI=1S/C23H21ClN6O3/c1-12-13(8-21(31)26-12)7-14-11-25-30-20(27-16-4-5-16)10-19(28-22(14)30)29-23(32)17-6-3-15(24)9-18(17)33-2/h3,6-7,9-11,16,27H,1,4-5,8H2,2H3,(H,26,31)(H,28,29,32)/b13-7+. The van der Waals surface area contributed by atoms with E-state index in [2.05, 4.69) is 32.6 Å². The normalized spacial score (nSPS) is 16.8. The molecule has 9 nitrogen and oxygen atoms in total. The molecule has 2 aromatic heterocycles. The number of amides is 2. The topological polar surface area (TPSA) is 110 Å². The molecule has 2 amide bonds. The molecule has 168 valence electrons. The molecular formula is C23H21ClN6O3. The van der Waals surface area contributed by atoms with Crippen LogP contribution in [0.15, 0.2) is 48.3 Å². The molecule has 1 aliphatic heterocycles. The van der Waals surface area contributed by atoms with Gasteiger partial charge in [0, 0.05) is 28.4 Å². The first kappa shape index (κ1) is 21.0. The largest absolute Gasteiger partial charge is 0.496 e. The molecule has 0 spiro atoms. The minimum atomic E-state index is -0.379. The monoisotopic (exact) mass is 464 g/mol. The summed E-state index contributed by atoms with van der Waals surface area (Å²) in [6.07, 6.45) is 5.90. The van der Waals surface area contributed by atoms with Crippen molar-refractivity contribution in [3.63, 3.8) is 0 Å². The van der Waals surface area contributed by atoms with Gasteiger partial charge in [0.1, 0.15) is 17.4 Å². The zero-order chi connectivity index (χ0) is 23.1. The first-order valence-corrected chi connectivity index (χ1v) is 10.8. The highest BCUT2D eigenvalue weighted by molar-refractivity contribution is 6.31. The van der Waals surface area contributed by atoms with Crippen molar-refractivity contribution < 1.29 is 14.3 Å². The van der Waals surface area contributed by atoms with Crippen molar-refractivity contribution >= 4 is 46.8 Å². The number of carbonyl (C=O) groups is 2. The lowest BCUT2D eigenvalue weighted by Gasteiger charge is -2.12. The van der Waals surface area contributed by atoms with Gasteiger partial charge in [-0.15, -0.1) is 0 Å². The number of halogens is 1. The quantitative estimate of drug-likeness (QED) is 0.514. The predicted octanol–water partition coefficient (Wildman–Crippen LogP) is 3.63. The summed E-state index contributed by atoms with van der Waals surface area (Å²) < 4.78 is 6.99. The van der Waals surface area contributed by atoms with Crippen molar-refractivity contribution in [2.45, 2.75) is 25.3 Å². The van der Waals surface area contributed by atoms with Crippen LogP contribution in [-0.4, -0.2) is 39.6 Å². The van der Waals surface area contributed by atoms with Gasteiger partial charge in [-0.05, 0) is 42.7 Å². The molecule has 0 unspecified atom stereocenters. The van der Waals surface area contributed by atoms with Crippen LogP contribution in [0.3, 0.4) is 0 Å². The van der Waals surface area contributed by atoms with Gasteiger partial charge in [-0.3, -0.25) is 9.59 Å². The van der Waals surface area contributed by atoms with E-state index in [4.69, 9.17) is 16.3 Å².